The van der Waals surface area contributed by atoms with Crippen molar-refractivity contribution in [1.29, 1.82) is 5.26 Å². The molecule has 1 saturated heterocycles. The number of piperidine rings is 1. The van der Waals surface area contributed by atoms with Gasteiger partial charge in [-0.3, -0.25) is 19.1 Å². The fourth-order valence-electron chi connectivity index (χ4n) is 3.89. The Morgan fingerprint density at radius 1 is 1.22 bits per heavy atom. The van der Waals surface area contributed by atoms with Crippen LogP contribution in [0.3, 0.4) is 0 Å². The summed E-state index contributed by atoms with van der Waals surface area (Å²) in [6.45, 7) is 4.68. The summed E-state index contributed by atoms with van der Waals surface area (Å²) in [5.74, 6) is -0.516. The number of halogens is 1. The summed E-state index contributed by atoms with van der Waals surface area (Å²) in [6, 6.07) is 7.94. The number of rotatable bonds is 6. The second-order valence-electron chi connectivity index (χ2n) is 8.19. The molecule has 1 aromatic carbocycles. The summed E-state index contributed by atoms with van der Waals surface area (Å²) < 4.78 is 15.1. The first-order chi connectivity index (χ1) is 15.2. The van der Waals surface area contributed by atoms with Crippen molar-refractivity contribution >= 4 is 17.6 Å². The van der Waals surface area contributed by atoms with Crippen LogP contribution in [0.1, 0.15) is 29.7 Å². The minimum absolute atomic E-state index is 0.0419. The first-order valence-electron chi connectivity index (χ1n) is 10.5. The number of benzene rings is 1. The Morgan fingerprint density at radius 2 is 1.84 bits per heavy atom. The molecule has 2 N–H and O–H groups in total. The van der Waals surface area contributed by atoms with Crippen molar-refractivity contribution in [2.45, 2.75) is 32.8 Å². The van der Waals surface area contributed by atoms with Crippen LogP contribution in [0.4, 0.5) is 10.2 Å². The highest BCUT2D eigenvalue weighted by Crippen LogP contribution is 2.30. The number of likely N-dealkylation sites (tertiary alicyclic amines) is 1. The molecular weight excluding hydrogens is 413 g/mol. The number of likely N-dealkylation sites (N-methyl/N-ethyl adjacent to an activating group) is 1. The normalized spacial score (nSPS) is 14.5. The Labute approximate surface area is 186 Å². The van der Waals surface area contributed by atoms with Gasteiger partial charge in [0, 0.05) is 24.5 Å². The average molecular weight is 442 g/mol. The molecule has 0 radical (unpaired) electrons. The molecular formula is C23H28FN5O3. The molecule has 0 atom stereocenters. The number of hydrogen-bond donors (Lipinski definition) is 2. The van der Waals surface area contributed by atoms with Crippen LogP contribution in [-0.4, -0.2) is 70.6 Å². The van der Waals surface area contributed by atoms with E-state index in [4.69, 9.17) is 0 Å². The number of nitrogens with one attached hydrogen (secondary N) is 1. The van der Waals surface area contributed by atoms with Gasteiger partial charge in [0.1, 0.15) is 17.7 Å². The minimum atomic E-state index is -0.379. The largest absolute Gasteiger partial charge is 0.393 e. The van der Waals surface area contributed by atoms with Gasteiger partial charge in [-0.2, -0.15) is 5.26 Å². The fourth-order valence-corrected chi connectivity index (χ4v) is 3.89. The van der Waals surface area contributed by atoms with Gasteiger partial charge in [0.2, 0.25) is 11.8 Å². The second-order valence-corrected chi connectivity index (χ2v) is 8.19. The number of aliphatic hydroxyl groups excluding tert-OH is 1. The van der Waals surface area contributed by atoms with Crippen LogP contribution in [0.25, 0.3) is 5.69 Å². The van der Waals surface area contributed by atoms with E-state index in [0.717, 1.165) is 11.3 Å². The fraction of sp³-hybridized carbons (Fsp3) is 0.435. The first-order valence-corrected chi connectivity index (χ1v) is 10.5. The molecule has 2 amide bonds. The molecule has 32 heavy (non-hydrogen) atoms. The summed E-state index contributed by atoms with van der Waals surface area (Å²) in [5.41, 5.74) is 2.45. The minimum Gasteiger partial charge on any atom is -0.393 e. The maximum Gasteiger partial charge on any atom is 0.239 e. The predicted molar refractivity (Wildman–Crippen MR) is 118 cm³/mol. The number of anilines is 1. The third kappa shape index (κ3) is 5.15. The standard InChI is InChI=1S/C23H28FN5O3/c1-15-16(2)29(18-6-4-17(24)5-7-18)23(20(15)12-25)26-21(31)13-27(3)14-22(32)28-10-8-19(30)9-11-28/h4-7,19,30H,8-11,13-14H2,1-3H3,(H,26,31). The Balaban J connectivity index is 1.72. The predicted octanol–water partition coefficient (Wildman–Crippen LogP) is 1.96. The molecule has 1 fully saturated rings. The summed E-state index contributed by atoms with van der Waals surface area (Å²) in [6.07, 6.45) is 0.763. The van der Waals surface area contributed by atoms with E-state index in [1.807, 2.05) is 6.92 Å². The van der Waals surface area contributed by atoms with Crippen molar-refractivity contribution in [3.8, 4) is 11.8 Å². The van der Waals surface area contributed by atoms with Gasteiger partial charge in [0.15, 0.2) is 0 Å². The van der Waals surface area contributed by atoms with E-state index in [0.29, 0.717) is 43.0 Å². The van der Waals surface area contributed by atoms with Gasteiger partial charge in [0.25, 0.3) is 0 Å². The van der Waals surface area contributed by atoms with Crippen molar-refractivity contribution in [3.05, 3.63) is 46.9 Å². The number of carbonyl (C=O) groups is 2. The van der Waals surface area contributed by atoms with E-state index in [2.05, 4.69) is 11.4 Å². The molecule has 3 rings (SSSR count). The Hall–Kier alpha value is -3.22. The molecule has 0 spiro atoms. The lowest BCUT2D eigenvalue weighted by atomic mass is 10.1. The number of nitrogens with zero attached hydrogens (tertiary/aromatic N) is 4. The Bertz CT molecular complexity index is 1030. The van der Waals surface area contributed by atoms with Crippen molar-refractivity contribution in [2.24, 2.45) is 0 Å². The van der Waals surface area contributed by atoms with Crippen LogP contribution in [-0.2, 0) is 9.59 Å². The zero-order valence-electron chi connectivity index (χ0n) is 18.6. The maximum absolute atomic E-state index is 13.4. The number of aliphatic hydroxyl groups is 1. The first kappa shape index (κ1) is 23.4. The topological polar surface area (TPSA) is 102 Å². The van der Waals surface area contributed by atoms with E-state index >= 15 is 0 Å². The summed E-state index contributed by atoms with van der Waals surface area (Å²) in [4.78, 5) is 28.5. The van der Waals surface area contributed by atoms with E-state index < -0.39 is 0 Å². The third-order valence-electron chi connectivity index (χ3n) is 5.80. The Kier molecular flexibility index (Phi) is 7.28. The lowest BCUT2D eigenvalue weighted by molar-refractivity contribution is -0.134. The number of hydrogen-bond acceptors (Lipinski definition) is 5. The highest BCUT2D eigenvalue weighted by atomic mass is 19.1. The van der Waals surface area contributed by atoms with Gasteiger partial charge in [-0.25, -0.2) is 4.39 Å². The molecule has 2 aromatic rings. The van der Waals surface area contributed by atoms with Crippen LogP contribution in [0, 0.1) is 31.0 Å². The number of nitriles is 1. The van der Waals surface area contributed by atoms with Crippen molar-refractivity contribution in [2.75, 3.05) is 38.5 Å². The molecule has 8 nitrogen and oxygen atoms in total. The molecule has 0 unspecified atom stereocenters. The summed E-state index contributed by atoms with van der Waals surface area (Å²) >= 11 is 0. The van der Waals surface area contributed by atoms with E-state index in [-0.39, 0.29) is 36.8 Å². The molecule has 0 bridgehead atoms. The van der Waals surface area contributed by atoms with Crippen LogP contribution in [0.2, 0.25) is 0 Å². The monoisotopic (exact) mass is 441 g/mol. The van der Waals surface area contributed by atoms with Gasteiger partial charge in [-0.05, 0) is 63.6 Å². The number of aromatic nitrogens is 1. The molecule has 0 aliphatic carbocycles. The highest BCUT2D eigenvalue weighted by Gasteiger charge is 2.24. The van der Waals surface area contributed by atoms with E-state index in [1.165, 1.54) is 12.1 Å². The zero-order valence-corrected chi connectivity index (χ0v) is 18.6. The smallest absolute Gasteiger partial charge is 0.239 e. The van der Waals surface area contributed by atoms with Gasteiger partial charge < -0.3 is 15.3 Å². The highest BCUT2D eigenvalue weighted by molar-refractivity contribution is 5.94. The summed E-state index contributed by atoms with van der Waals surface area (Å²) in [7, 11) is 1.68. The van der Waals surface area contributed by atoms with Gasteiger partial charge in [0.05, 0.1) is 24.8 Å². The van der Waals surface area contributed by atoms with Crippen molar-refractivity contribution in [1.82, 2.24) is 14.4 Å². The van der Waals surface area contributed by atoms with Gasteiger partial charge in [-0.1, -0.05) is 0 Å². The van der Waals surface area contributed by atoms with E-state index in [1.54, 1.807) is 40.5 Å². The molecule has 2 heterocycles. The third-order valence-corrected chi connectivity index (χ3v) is 5.80. The van der Waals surface area contributed by atoms with Gasteiger partial charge in [-0.15, -0.1) is 0 Å². The SMILES string of the molecule is Cc1c(C#N)c(NC(=O)CN(C)CC(=O)N2CCC(O)CC2)n(-c2ccc(F)cc2)c1C. The number of carbonyl (C=O) groups excluding carboxylic acids is 2. The lowest BCUT2D eigenvalue weighted by Crippen LogP contribution is -2.45. The van der Waals surface area contributed by atoms with Crippen LogP contribution >= 0.6 is 0 Å². The molecule has 0 saturated carbocycles. The average Bonchev–Trinajstić information content (AvgIpc) is 2.98. The van der Waals surface area contributed by atoms with E-state index in [9.17, 15) is 24.3 Å². The van der Waals surface area contributed by atoms with Crippen molar-refractivity contribution < 1.29 is 19.1 Å². The molecule has 170 valence electrons. The second kappa shape index (κ2) is 9.94. The quantitative estimate of drug-likeness (QED) is 0.714. The van der Waals surface area contributed by atoms with Gasteiger partial charge >= 0.3 is 0 Å². The molecule has 1 aromatic heterocycles. The van der Waals surface area contributed by atoms with Crippen LogP contribution in [0.5, 0.6) is 0 Å². The Morgan fingerprint density at radius 3 is 2.44 bits per heavy atom. The number of amides is 2. The molecule has 9 heteroatoms. The summed E-state index contributed by atoms with van der Waals surface area (Å²) in [5, 5.41) is 22.0. The van der Waals surface area contributed by atoms with Crippen LogP contribution < -0.4 is 5.32 Å². The molecule has 1 aliphatic heterocycles. The maximum atomic E-state index is 13.4. The van der Waals surface area contributed by atoms with Crippen LogP contribution in [0.15, 0.2) is 24.3 Å². The zero-order chi connectivity index (χ0) is 23.4. The van der Waals surface area contributed by atoms with Crippen molar-refractivity contribution in [3.63, 3.8) is 0 Å². The lowest BCUT2D eigenvalue weighted by Gasteiger charge is -2.30. The molecule has 1 aliphatic rings.